The summed E-state index contributed by atoms with van der Waals surface area (Å²) < 4.78 is 6.74. The summed E-state index contributed by atoms with van der Waals surface area (Å²) in [6.45, 7) is 4.82. The predicted octanol–water partition coefficient (Wildman–Crippen LogP) is 3.44. The van der Waals surface area contributed by atoms with Gasteiger partial charge in [-0.15, -0.1) is 0 Å². The van der Waals surface area contributed by atoms with Gasteiger partial charge in [-0.25, -0.2) is 14.5 Å². The highest BCUT2D eigenvalue weighted by Crippen LogP contribution is 2.23. The van der Waals surface area contributed by atoms with Crippen LogP contribution in [0.5, 0.6) is 0 Å². The Labute approximate surface area is 165 Å². The van der Waals surface area contributed by atoms with E-state index in [1.54, 1.807) is 6.20 Å². The van der Waals surface area contributed by atoms with E-state index in [-0.39, 0.29) is 5.97 Å². The molecule has 0 saturated carbocycles. The number of likely N-dealkylation sites (tertiary alicyclic amines) is 1. The van der Waals surface area contributed by atoms with Crippen LogP contribution in [-0.4, -0.2) is 45.8 Å². The molecular formula is C22H26N4O2. The molecule has 6 nitrogen and oxygen atoms in total. The second kappa shape index (κ2) is 8.10. The summed E-state index contributed by atoms with van der Waals surface area (Å²) in [5.74, 6) is 0.373. The third-order valence-corrected chi connectivity index (χ3v) is 5.60. The Morgan fingerprint density at radius 3 is 2.68 bits per heavy atom. The molecule has 1 fully saturated rings. The minimum absolute atomic E-state index is 0.373. The van der Waals surface area contributed by atoms with Gasteiger partial charge in [0.05, 0.1) is 25.0 Å². The number of aromatic nitrogens is 3. The summed E-state index contributed by atoms with van der Waals surface area (Å²) in [5.41, 5.74) is 3.59. The number of hydrogen-bond acceptors (Lipinski definition) is 5. The van der Waals surface area contributed by atoms with Crippen molar-refractivity contribution in [3.8, 4) is 0 Å². The molecule has 0 bridgehead atoms. The standard InChI is InChI=1S/C22H26N4O2/c1-16-20-13-19(22(27)28-2)14-23-21(20)26(24-16)15-25-10-8-18(9-11-25)12-17-6-4-3-5-7-17/h3-7,13-14,18H,8-12,15H2,1-2H3. The topological polar surface area (TPSA) is 60.2 Å². The summed E-state index contributed by atoms with van der Waals surface area (Å²) in [6.07, 6.45) is 5.13. The third kappa shape index (κ3) is 3.92. The van der Waals surface area contributed by atoms with Crippen LogP contribution in [0.4, 0.5) is 0 Å². The first-order valence-electron chi connectivity index (χ1n) is 9.82. The van der Waals surface area contributed by atoms with Gasteiger partial charge < -0.3 is 4.74 Å². The second-order valence-electron chi connectivity index (χ2n) is 7.56. The van der Waals surface area contributed by atoms with Gasteiger partial charge in [0.2, 0.25) is 0 Å². The zero-order chi connectivity index (χ0) is 19.5. The van der Waals surface area contributed by atoms with Gasteiger partial charge in [-0.05, 0) is 43.7 Å². The van der Waals surface area contributed by atoms with Crippen LogP contribution in [0.2, 0.25) is 0 Å². The average molecular weight is 378 g/mol. The van der Waals surface area contributed by atoms with Crippen molar-refractivity contribution in [2.24, 2.45) is 5.92 Å². The van der Waals surface area contributed by atoms with Crippen molar-refractivity contribution in [3.63, 3.8) is 0 Å². The molecule has 28 heavy (non-hydrogen) atoms. The van der Waals surface area contributed by atoms with Gasteiger partial charge in [0.25, 0.3) is 0 Å². The third-order valence-electron chi connectivity index (χ3n) is 5.60. The Kier molecular flexibility index (Phi) is 5.39. The number of nitrogens with zero attached hydrogens (tertiary/aromatic N) is 4. The molecule has 146 valence electrons. The fraction of sp³-hybridized carbons (Fsp3) is 0.409. The smallest absolute Gasteiger partial charge is 0.339 e. The second-order valence-corrected chi connectivity index (χ2v) is 7.56. The maximum atomic E-state index is 11.8. The van der Waals surface area contributed by atoms with Gasteiger partial charge in [0, 0.05) is 24.7 Å². The molecule has 1 aromatic carbocycles. The number of benzene rings is 1. The molecular weight excluding hydrogens is 352 g/mol. The first kappa shape index (κ1) is 18.6. The number of hydrogen-bond donors (Lipinski definition) is 0. The van der Waals surface area contributed by atoms with Gasteiger partial charge in [0.1, 0.15) is 0 Å². The SMILES string of the molecule is COC(=O)c1cnc2c(c1)c(C)nn2CN1CCC(Cc2ccccc2)CC1. The van der Waals surface area contributed by atoms with Crippen LogP contribution in [0.15, 0.2) is 42.6 Å². The number of methoxy groups -OCH3 is 1. The maximum absolute atomic E-state index is 11.8. The van der Waals surface area contributed by atoms with E-state index in [1.165, 1.54) is 25.5 Å². The minimum atomic E-state index is -0.373. The highest BCUT2D eigenvalue weighted by atomic mass is 16.5. The van der Waals surface area contributed by atoms with E-state index in [0.717, 1.165) is 48.8 Å². The molecule has 3 aromatic rings. The quantitative estimate of drug-likeness (QED) is 0.637. The summed E-state index contributed by atoms with van der Waals surface area (Å²) in [5, 5.41) is 5.56. The van der Waals surface area contributed by atoms with E-state index >= 15 is 0 Å². The van der Waals surface area contributed by atoms with E-state index in [9.17, 15) is 4.79 Å². The Hall–Kier alpha value is -2.73. The lowest BCUT2D eigenvalue weighted by atomic mass is 9.90. The summed E-state index contributed by atoms with van der Waals surface area (Å²) in [7, 11) is 1.38. The van der Waals surface area contributed by atoms with E-state index in [4.69, 9.17) is 4.74 Å². The first-order valence-corrected chi connectivity index (χ1v) is 9.82. The zero-order valence-electron chi connectivity index (χ0n) is 16.5. The normalized spacial score (nSPS) is 15.8. The summed E-state index contributed by atoms with van der Waals surface area (Å²) in [4.78, 5) is 18.7. The molecule has 0 N–H and O–H groups in total. The van der Waals surface area contributed by atoms with Crippen molar-refractivity contribution in [2.45, 2.75) is 32.9 Å². The summed E-state index contributed by atoms with van der Waals surface area (Å²) in [6, 6.07) is 12.6. The van der Waals surface area contributed by atoms with Gasteiger partial charge >= 0.3 is 5.97 Å². The largest absolute Gasteiger partial charge is 0.465 e. The van der Waals surface area contributed by atoms with Crippen molar-refractivity contribution in [1.82, 2.24) is 19.7 Å². The molecule has 0 amide bonds. The van der Waals surface area contributed by atoms with Gasteiger partial charge in [0.15, 0.2) is 5.65 Å². The Morgan fingerprint density at radius 2 is 1.96 bits per heavy atom. The molecule has 0 aliphatic carbocycles. The molecule has 4 rings (SSSR count). The van der Waals surface area contributed by atoms with Crippen LogP contribution >= 0.6 is 0 Å². The van der Waals surface area contributed by atoms with E-state index in [2.05, 4.69) is 45.3 Å². The van der Waals surface area contributed by atoms with Crippen LogP contribution in [-0.2, 0) is 17.8 Å². The Morgan fingerprint density at radius 1 is 1.21 bits per heavy atom. The molecule has 3 heterocycles. The fourth-order valence-corrected chi connectivity index (χ4v) is 4.01. The first-order chi connectivity index (χ1) is 13.6. The highest BCUT2D eigenvalue weighted by molar-refractivity contribution is 5.93. The highest BCUT2D eigenvalue weighted by Gasteiger charge is 2.21. The fourth-order valence-electron chi connectivity index (χ4n) is 4.01. The van der Waals surface area contributed by atoms with Crippen molar-refractivity contribution < 1.29 is 9.53 Å². The number of fused-ring (bicyclic) bond motifs is 1. The van der Waals surface area contributed by atoms with Crippen LogP contribution in [0.1, 0.15) is 34.5 Å². The van der Waals surface area contributed by atoms with Gasteiger partial charge in [-0.2, -0.15) is 5.10 Å². The molecule has 1 aliphatic rings. The number of piperidine rings is 1. The predicted molar refractivity (Wildman–Crippen MR) is 108 cm³/mol. The van der Waals surface area contributed by atoms with E-state index in [0.29, 0.717) is 5.56 Å². The number of pyridine rings is 1. The Balaban J connectivity index is 1.41. The lowest BCUT2D eigenvalue weighted by Crippen LogP contribution is -2.36. The molecule has 0 spiro atoms. The zero-order valence-corrected chi connectivity index (χ0v) is 16.5. The van der Waals surface area contributed by atoms with E-state index < -0.39 is 0 Å². The molecule has 0 atom stereocenters. The average Bonchev–Trinajstić information content (AvgIpc) is 3.04. The lowest BCUT2D eigenvalue weighted by Gasteiger charge is -2.31. The minimum Gasteiger partial charge on any atom is -0.465 e. The molecule has 0 radical (unpaired) electrons. The van der Waals surface area contributed by atoms with Crippen LogP contribution < -0.4 is 0 Å². The number of carbonyl (C=O) groups excluding carboxylic acids is 1. The monoisotopic (exact) mass is 378 g/mol. The van der Waals surface area contributed by atoms with Gasteiger partial charge in [-0.1, -0.05) is 30.3 Å². The van der Waals surface area contributed by atoms with Crippen molar-refractivity contribution in [1.29, 1.82) is 0 Å². The summed E-state index contributed by atoms with van der Waals surface area (Å²) >= 11 is 0. The molecule has 6 heteroatoms. The number of rotatable bonds is 5. The van der Waals surface area contributed by atoms with Crippen LogP contribution in [0.3, 0.4) is 0 Å². The van der Waals surface area contributed by atoms with Crippen molar-refractivity contribution in [3.05, 3.63) is 59.4 Å². The van der Waals surface area contributed by atoms with E-state index in [1.807, 2.05) is 17.7 Å². The molecule has 2 aromatic heterocycles. The number of esters is 1. The number of carbonyl (C=O) groups is 1. The lowest BCUT2D eigenvalue weighted by molar-refractivity contribution is 0.0600. The van der Waals surface area contributed by atoms with Crippen LogP contribution in [0, 0.1) is 12.8 Å². The molecule has 0 unspecified atom stereocenters. The van der Waals surface area contributed by atoms with Gasteiger partial charge in [-0.3, -0.25) is 4.90 Å². The molecule has 1 saturated heterocycles. The Bertz CT molecular complexity index is 959. The maximum Gasteiger partial charge on any atom is 0.339 e. The molecule has 1 aliphatic heterocycles. The van der Waals surface area contributed by atoms with Crippen molar-refractivity contribution >= 4 is 17.0 Å². The number of ether oxygens (including phenoxy) is 1. The number of aryl methyl sites for hydroxylation is 1. The van der Waals surface area contributed by atoms with Crippen molar-refractivity contribution in [2.75, 3.05) is 20.2 Å². The van der Waals surface area contributed by atoms with Crippen LogP contribution in [0.25, 0.3) is 11.0 Å².